The molecule has 0 aliphatic carbocycles. The summed E-state index contributed by atoms with van der Waals surface area (Å²) >= 11 is 5.79. The third-order valence-corrected chi connectivity index (χ3v) is 2.71. The van der Waals surface area contributed by atoms with Crippen LogP contribution in [0.4, 0.5) is 11.5 Å². The zero-order valence-electron chi connectivity index (χ0n) is 9.16. The van der Waals surface area contributed by atoms with E-state index in [1.165, 1.54) is 17.5 Å². The highest BCUT2D eigenvalue weighted by Gasteiger charge is 2.02. The van der Waals surface area contributed by atoms with Crippen molar-refractivity contribution in [2.45, 2.75) is 13.8 Å². The molecule has 82 valence electrons. The summed E-state index contributed by atoms with van der Waals surface area (Å²) in [6.07, 6.45) is 1.44. The van der Waals surface area contributed by atoms with Crippen LogP contribution in [0.15, 0.2) is 30.6 Å². The van der Waals surface area contributed by atoms with Crippen LogP contribution in [0.3, 0.4) is 0 Å². The molecule has 1 aromatic heterocycles. The first-order valence-corrected chi connectivity index (χ1v) is 5.35. The van der Waals surface area contributed by atoms with Gasteiger partial charge in [-0.05, 0) is 31.0 Å². The number of aryl methyl sites for hydroxylation is 1. The van der Waals surface area contributed by atoms with Crippen LogP contribution in [0.25, 0.3) is 0 Å². The Balaban J connectivity index is 2.31. The van der Waals surface area contributed by atoms with E-state index in [1.807, 2.05) is 12.1 Å². The van der Waals surface area contributed by atoms with Crippen LogP contribution in [-0.2, 0) is 0 Å². The fourth-order valence-corrected chi connectivity index (χ4v) is 1.57. The van der Waals surface area contributed by atoms with Gasteiger partial charge in [-0.15, -0.1) is 0 Å². The Bertz CT molecular complexity index is 511. The average molecular weight is 234 g/mol. The molecule has 0 aliphatic heterocycles. The molecule has 2 aromatic rings. The second-order valence-corrected chi connectivity index (χ2v) is 3.99. The molecule has 16 heavy (non-hydrogen) atoms. The smallest absolute Gasteiger partial charge is 0.135 e. The van der Waals surface area contributed by atoms with Crippen molar-refractivity contribution in [3.8, 4) is 0 Å². The minimum Gasteiger partial charge on any atom is -0.340 e. The van der Waals surface area contributed by atoms with E-state index in [4.69, 9.17) is 11.6 Å². The molecular formula is C12H12ClN3. The van der Waals surface area contributed by atoms with Crippen molar-refractivity contribution in [3.63, 3.8) is 0 Å². The van der Waals surface area contributed by atoms with Crippen LogP contribution in [0.2, 0.25) is 5.15 Å². The van der Waals surface area contributed by atoms with E-state index in [0.717, 1.165) is 5.69 Å². The Labute approximate surface area is 99.5 Å². The van der Waals surface area contributed by atoms with E-state index < -0.39 is 0 Å². The maximum absolute atomic E-state index is 5.79. The van der Waals surface area contributed by atoms with Crippen LogP contribution >= 0.6 is 11.6 Å². The van der Waals surface area contributed by atoms with E-state index in [0.29, 0.717) is 11.0 Å². The molecule has 0 aliphatic rings. The lowest BCUT2D eigenvalue weighted by Crippen LogP contribution is -1.97. The Morgan fingerprint density at radius 1 is 1.19 bits per heavy atom. The van der Waals surface area contributed by atoms with Crippen molar-refractivity contribution in [1.82, 2.24) is 9.97 Å². The largest absolute Gasteiger partial charge is 0.340 e. The molecule has 0 saturated carbocycles. The quantitative estimate of drug-likeness (QED) is 0.807. The minimum atomic E-state index is 0.433. The number of nitrogens with one attached hydrogen (secondary N) is 1. The van der Waals surface area contributed by atoms with Crippen LogP contribution in [0, 0.1) is 13.8 Å². The molecule has 2 rings (SSSR count). The molecule has 0 saturated heterocycles. The number of benzene rings is 1. The fraction of sp³-hybridized carbons (Fsp3) is 0.167. The molecule has 0 amide bonds. The highest BCUT2D eigenvalue weighted by atomic mass is 35.5. The average Bonchev–Trinajstić information content (AvgIpc) is 2.25. The molecular weight excluding hydrogens is 222 g/mol. The van der Waals surface area contributed by atoms with E-state index >= 15 is 0 Å². The summed E-state index contributed by atoms with van der Waals surface area (Å²) in [5, 5.41) is 3.65. The predicted molar refractivity (Wildman–Crippen MR) is 66.2 cm³/mol. The summed E-state index contributed by atoms with van der Waals surface area (Å²) in [6, 6.07) is 7.79. The van der Waals surface area contributed by atoms with Crippen LogP contribution in [-0.4, -0.2) is 9.97 Å². The van der Waals surface area contributed by atoms with Crippen molar-refractivity contribution in [1.29, 1.82) is 0 Å². The molecule has 1 aromatic carbocycles. The Hall–Kier alpha value is -1.61. The van der Waals surface area contributed by atoms with Gasteiger partial charge in [0.15, 0.2) is 0 Å². The zero-order chi connectivity index (χ0) is 11.5. The van der Waals surface area contributed by atoms with Gasteiger partial charge < -0.3 is 5.32 Å². The predicted octanol–water partition coefficient (Wildman–Crippen LogP) is 3.49. The van der Waals surface area contributed by atoms with Crippen molar-refractivity contribution < 1.29 is 0 Å². The lowest BCUT2D eigenvalue weighted by atomic mass is 10.1. The molecule has 0 unspecified atom stereocenters. The van der Waals surface area contributed by atoms with Crippen molar-refractivity contribution in [2.75, 3.05) is 5.32 Å². The number of hydrogen-bond acceptors (Lipinski definition) is 3. The topological polar surface area (TPSA) is 37.8 Å². The van der Waals surface area contributed by atoms with Crippen molar-refractivity contribution in [2.24, 2.45) is 0 Å². The number of rotatable bonds is 2. The van der Waals surface area contributed by atoms with Gasteiger partial charge in [0.2, 0.25) is 0 Å². The number of anilines is 2. The first kappa shape index (κ1) is 10.9. The third kappa shape index (κ3) is 2.31. The van der Waals surface area contributed by atoms with Gasteiger partial charge in [0, 0.05) is 11.8 Å². The van der Waals surface area contributed by atoms with Gasteiger partial charge in [-0.25, -0.2) is 9.97 Å². The van der Waals surface area contributed by atoms with E-state index in [-0.39, 0.29) is 0 Å². The molecule has 4 heteroatoms. The summed E-state index contributed by atoms with van der Waals surface area (Å²) in [5.41, 5.74) is 3.48. The Kier molecular flexibility index (Phi) is 3.06. The summed E-state index contributed by atoms with van der Waals surface area (Å²) < 4.78 is 0. The van der Waals surface area contributed by atoms with Gasteiger partial charge in [0.25, 0.3) is 0 Å². The fourth-order valence-electron chi connectivity index (χ4n) is 1.43. The maximum Gasteiger partial charge on any atom is 0.135 e. The normalized spacial score (nSPS) is 10.2. The minimum absolute atomic E-state index is 0.433. The third-order valence-electron chi connectivity index (χ3n) is 2.50. The second-order valence-electron chi connectivity index (χ2n) is 3.60. The van der Waals surface area contributed by atoms with E-state index in [1.54, 1.807) is 6.07 Å². The lowest BCUT2D eigenvalue weighted by molar-refractivity contribution is 1.16. The van der Waals surface area contributed by atoms with E-state index in [2.05, 4.69) is 35.2 Å². The molecule has 0 bridgehead atoms. The molecule has 0 atom stereocenters. The number of nitrogens with zero attached hydrogens (tertiary/aromatic N) is 2. The highest BCUT2D eigenvalue weighted by molar-refractivity contribution is 6.29. The number of halogens is 1. The monoisotopic (exact) mass is 233 g/mol. The Morgan fingerprint density at radius 2 is 2.00 bits per heavy atom. The second kappa shape index (κ2) is 4.49. The summed E-state index contributed by atoms with van der Waals surface area (Å²) in [5.74, 6) is 0.703. The standard InChI is InChI=1S/C12H12ClN3/c1-8-4-3-5-10(9(8)2)16-12-6-11(13)14-7-15-12/h3-7H,1-2H3,(H,14,15,16). The van der Waals surface area contributed by atoms with Crippen molar-refractivity contribution >= 4 is 23.1 Å². The van der Waals surface area contributed by atoms with Gasteiger partial charge in [-0.3, -0.25) is 0 Å². The molecule has 3 nitrogen and oxygen atoms in total. The SMILES string of the molecule is Cc1cccc(Nc2cc(Cl)ncn2)c1C. The van der Waals surface area contributed by atoms with Crippen LogP contribution < -0.4 is 5.32 Å². The summed E-state index contributed by atoms with van der Waals surface area (Å²) in [7, 11) is 0. The molecule has 1 heterocycles. The molecule has 0 spiro atoms. The van der Waals surface area contributed by atoms with Crippen LogP contribution in [0.5, 0.6) is 0 Å². The number of aromatic nitrogens is 2. The maximum atomic E-state index is 5.79. The summed E-state index contributed by atoms with van der Waals surface area (Å²) in [6.45, 7) is 4.15. The van der Waals surface area contributed by atoms with E-state index in [9.17, 15) is 0 Å². The highest BCUT2D eigenvalue weighted by Crippen LogP contribution is 2.22. The first-order chi connectivity index (χ1) is 7.66. The van der Waals surface area contributed by atoms with Gasteiger partial charge in [0.05, 0.1) is 0 Å². The first-order valence-electron chi connectivity index (χ1n) is 4.97. The van der Waals surface area contributed by atoms with Gasteiger partial charge in [-0.2, -0.15) is 0 Å². The molecule has 0 fully saturated rings. The number of hydrogen-bond donors (Lipinski definition) is 1. The molecule has 0 radical (unpaired) electrons. The van der Waals surface area contributed by atoms with Crippen LogP contribution in [0.1, 0.15) is 11.1 Å². The van der Waals surface area contributed by atoms with Gasteiger partial charge in [-0.1, -0.05) is 23.7 Å². The summed E-state index contributed by atoms with van der Waals surface area (Å²) in [4.78, 5) is 7.93. The lowest BCUT2D eigenvalue weighted by Gasteiger charge is -2.10. The van der Waals surface area contributed by atoms with Crippen molar-refractivity contribution in [3.05, 3.63) is 46.9 Å². The zero-order valence-corrected chi connectivity index (χ0v) is 9.92. The van der Waals surface area contributed by atoms with Gasteiger partial charge in [0.1, 0.15) is 17.3 Å². The van der Waals surface area contributed by atoms with Gasteiger partial charge >= 0.3 is 0 Å². The Morgan fingerprint density at radius 3 is 2.75 bits per heavy atom. The molecule has 1 N–H and O–H groups in total.